The molecule has 0 aliphatic carbocycles. The average Bonchev–Trinajstić information content (AvgIpc) is 2.45. The molecular weight excluding hydrogens is 278 g/mol. The van der Waals surface area contributed by atoms with Crippen LogP contribution in [0, 0.1) is 0 Å². The molecule has 0 bridgehead atoms. The van der Waals surface area contributed by atoms with E-state index in [1.807, 2.05) is 0 Å². The van der Waals surface area contributed by atoms with E-state index >= 15 is 0 Å². The predicted molar refractivity (Wildman–Crippen MR) is 75.7 cm³/mol. The molecule has 0 aromatic heterocycles. The van der Waals surface area contributed by atoms with Gasteiger partial charge in [-0.2, -0.15) is 0 Å². The van der Waals surface area contributed by atoms with Crippen LogP contribution < -0.4 is 16.4 Å². The number of ether oxygens (including phenoxy) is 1. The monoisotopic (exact) mass is 295 g/mol. The number of hydrogen-bond acceptors (Lipinski definition) is 5. The lowest BCUT2D eigenvalue weighted by Gasteiger charge is -2.15. The molecule has 0 spiro atoms. The van der Waals surface area contributed by atoms with Gasteiger partial charge in [0.05, 0.1) is 18.5 Å². The summed E-state index contributed by atoms with van der Waals surface area (Å²) in [5, 5.41) is 13.7. The second kappa shape index (κ2) is 7.73. The summed E-state index contributed by atoms with van der Waals surface area (Å²) in [6.45, 7) is 0. The normalized spacial score (nSPS) is 11.3. The van der Waals surface area contributed by atoms with Gasteiger partial charge in [0, 0.05) is 6.42 Å². The largest absolute Gasteiger partial charge is 0.480 e. The quantitative estimate of drug-likeness (QED) is 0.453. The van der Waals surface area contributed by atoms with Gasteiger partial charge in [0.15, 0.2) is 0 Å². The van der Waals surface area contributed by atoms with Crippen LogP contribution >= 0.6 is 0 Å². The fourth-order valence-corrected chi connectivity index (χ4v) is 1.55. The number of esters is 1. The number of carboxylic acid groups (broad SMARTS) is 1. The van der Waals surface area contributed by atoms with Gasteiger partial charge in [0.2, 0.25) is 0 Å². The zero-order valence-electron chi connectivity index (χ0n) is 11.5. The Hall–Kier alpha value is -2.77. The highest BCUT2D eigenvalue weighted by molar-refractivity contribution is 5.94. The van der Waals surface area contributed by atoms with Crippen LogP contribution in [-0.2, 0) is 14.3 Å². The number of carbonyl (C=O) groups is 3. The van der Waals surface area contributed by atoms with Gasteiger partial charge in [0.25, 0.3) is 0 Å². The first kappa shape index (κ1) is 16.3. The maximum atomic E-state index is 11.7. The summed E-state index contributed by atoms with van der Waals surface area (Å²) < 4.78 is 4.42. The topological polar surface area (TPSA) is 131 Å². The molecule has 0 saturated heterocycles. The smallest absolute Gasteiger partial charge is 0.326 e. The van der Waals surface area contributed by atoms with Crippen molar-refractivity contribution in [2.24, 2.45) is 0 Å². The van der Waals surface area contributed by atoms with Gasteiger partial charge in [-0.05, 0) is 18.6 Å². The number of rotatable bonds is 6. The molecule has 2 amide bonds. The van der Waals surface area contributed by atoms with Crippen LogP contribution in [0.25, 0.3) is 0 Å². The zero-order chi connectivity index (χ0) is 15.8. The minimum absolute atomic E-state index is 0.0697. The lowest BCUT2D eigenvalue weighted by molar-refractivity contribution is -0.142. The van der Waals surface area contributed by atoms with Gasteiger partial charge in [-0.3, -0.25) is 4.79 Å². The van der Waals surface area contributed by atoms with Crippen LogP contribution in [-0.4, -0.2) is 36.2 Å². The molecule has 1 rings (SSSR count). The van der Waals surface area contributed by atoms with Crippen molar-refractivity contribution in [2.45, 2.75) is 18.9 Å². The standard InChI is InChI=1S/C13H17N3O5/c1-21-11(17)7-6-10(12(18)19)16-13(20)15-9-5-3-2-4-8(9)14/h2-5,10H,6-7,14H2,1H3,(H,18,19)(H2,15,16,20)/t10-/m0/s1. The number of nitrogen functional groups attached to an aromatic ring is 1. The summed E-state index contributed by atoms with van der Waals surface area (Å²) >= 11 is 0. The van der Waals surface area contributed by atoms with Gasteiger partial charge in [-0.1, -0.05) is 12.1 Å². The second-order valence-corrected chi connectivity index (χ2v) is 4.19. The maximum absolute atomic E-state index is 11.7. The Balaban J connectivity index is 2.58. The maximum Gasteiger partial charge on any atom is 0.326 e. The van der Waals surface area contributed by atoms with Crippen LogP contribution in [0.2, 0.25) is 0 Å². The van der Waals surface area contributed by atoms with E-state index < -0.39 is 24.0 Å². The fraction of sp³-hybridized carbons (Fsp3) is 0.308. The van der Waals surface area contributed by atoms with Gasteiger partial charge >= 0.3 is 18.0 Å². The van der Waals surface area contributed by atoms with Crippen molar-refractivity contribution in [1.82, 2.24) is 5.32 Å². The highest BCUT2D eigenvalue weighted by atomic mass is 16.5. The fourth-order valence-electron chi connectivity index (χ4n) is 1.55. The number of urea groups is 1. The molecule has 0 aliphatic rings. The Kier molecular flexibility index (Phi) is 5.99. The number of carbonyl (C=O) groups excluding carboxylic acids is 2. The number of para-hydroxylation sites is 2. The Morgan fingerprint density at radius 3 is 2.57 bits per heavy atom. The lowest BCUT2D eigenvalue weighted by atomic mass is 10.1. The number of aliphatic carboxylic acids is 1. The molecule has 0 unspecified atom stereocenters. The van der Waals surface area contributed by atoms with E-state index in [1.165, 1.54) is 7.11 Å². The molecule has 0 heterocycles. The van der Waals surface area contributed by atoms with Gasteiger partial charge in [-0.15, -0.1) is 0 Å². The summed E-state index contributed by atoms with van der Waals surface area (Å²) in [5.74, 6) is -1.79. The van der Waals surface area contributed by atoms with Crippen LogP contribution in [0.4, 0.5) is 16.2 Å². The number of anilines is 2. The van der Waals surface area contributed by atoms with Crippen LogP contribution in [0.5, 0.6) is 0 Å². The molecule has 1 aromatic carbocycles. The first-order chi connectivity index (χ1) is 9.93. The molecule has 0 radical (unpaired) electrons. The van der Waals surface area contributed by atoms with E-state index in [4.69, 9.17) is 10.8 Å². The third kappa shape index (κ3) is 5.39. The van der Waals surface area contributed by atoms with Crippen LogP contribution in [0.15, 0.2) is 24.3 Å². The Morgan fingerprint density at radius 1 is 1.33 bits per heavy atom. The summed E-state index contributed by atoms with van der Waals surface area (Å²) in [7, 11) is 1.20. The van der Waals surface area contributed by atoms with Crippen LogP contribution in [0.3, 0.4) is 0 Å². The van der Waals surface area contributed by atoms with E-state index in [2.05, 4.69) is 15.4 Å². The number of carboxylic acids is 1. The van der Waals surface area contributed by atoms with Gasteiger partial charge in [0.1, 0.15) is 6.04 Å². The molecule has 21 heavy (non-hydrogen) atoms. The minimum atomic E-state index is -1.24. The van der Waals surface area contributed by atoms with Crippen molar-refractivity contribution in [3.8, 4) is 0 Å². The third-order valence-electron chi connectivity index (χ3n) is 2.68. The molecule has 0 saturated carbocycles. The summed E-state index contributed by atoms with van der Waals surface area (Å²) in [4.78, 5) is 33.8. The molecule has 5 N–H and O–H groups in total. The van der Waals surface area contributed by atoms with Gasteiger partial charge in [-0.25, -0.2) is 9.59 Å². The Labute approximate surface area is 121 Å². The first-order valence-corrected chi connectivity index (χ1v) is 6.15. The Morgan fingerprint density at radius 2 is 2.00 bits per heavy atom. The van der Waals surface area contributed by atoms with E-state index in [1.54, 1.807) is 24.3 Å². The van der Waals surface area contributed by atoms with E-state index in [0.29, 0.717) is 11.4 Å². The number of hydrogen-bond donors (Lipinski definition) is 4. The van der Waals surface area contributed by atoms with Crippen molar-refractivity contribution in [2.75, 3.05) is 18.2 Å². The van der Waals surface area contributed by atoms with Crippen molar-refractivity contribution in [3.63, 3.8) is 0 Å². The molecule has 8 heteroatoms. The molecule has 0 fully saturated rings. The first-order valence-electron chi connectivity index (χ1n) is 6.15. The molecule has 8 nitrogen and oxygen atoms in total. The zero-order valence-corrected chi connectivity index (χ0v) is 11.5. The molecule has 0 aliphatic heterocycles. The number of methoxy groups -OCH3 is 1. The molecule has 1 aromatic rings. The lowest BCUT2D eigenvalue weighted by Crippen LogP contribution is -2.43. The minimum Gasteiger partial charge on any atom is -0.480 e. The number of benzene rings is 1. The van der Waals surface area contributed by atoms with Crippen molar-refractivity contribution in [1.29, 1.82) is 0 Å². The predicted octanol–water partition coefficient (Wildman–Crippen LogP) is 0.797. The second-order valence-electron chi connectivity index (χ2n) is 4.19. The highest BCUT2D eigenvalue weighted by Crippen LogP contribution is 2.16. The van der Waals surface area contributed by atoms with Crippen molar-refractivity contribution in [3.05, 3.63) is 24.3 Å². The number of nitrogens with one attached hydrogen (secondary N) is 2. The average molecular weight is 295 g/mol. The summed E-state index contributed by atoms with van der Waals surface area (Å²) in [5.41, 5.74) is 6.38. The number of nitrogens with two attached hydrogens (primary N) is 1. The van der Waals surface area contributed by atoms with E-state index in [9.17, 15) is 14.4 Å². The van der Waals surface area contributed by atoms with Crippen molar-refractivity contribution < 1.29 is 24.2 Å². The summed E-state index contributed by atoms with van der Waals surface area (Å²) in [6, 6.07) is 4.65. The number of amides is 2. The SMILES string of the molecule is COC(=O)CC[C@H](NC(=O)Nc1ccccc1N)C(=O)O. The third-order valence-corrected chi connectivity index (χ3v) is 2.68. The van der Waals surface area contributed by atoms with Gasteiger partial charge < -0.3 is 26.2 Å². The Bertz CT molecular complexity index is 532. The van der Waals surface area contributed by atoms with Crippen molar-refractivity contribution >= 4 is 29.3 Å². The summed E-state index contributed by atoms with van der Waals surface area (Å²) in [6.07, 6.45) is -0.180. The van der Waals surface area contributed by atoms with E-state index in [0.717, 1.165) is 0 Å². The molecular formula is C13H17N3O5. The molecule has 1 atom stereocenters. The van der Waals surface area contributed by atoms with E-state index in [-0.39, 0.29) is 12.8 Å². The highest BCUT2D eigenvalue weighted by Gasteiger charge is 2.21. The molecule has 114 valence electrons. The van der Waals surface area contributed by atoms with Crippen LogP contribution in [0.1, 0.15) is 12.8 Å².